The van der Waals surface area contributed by atoms with Gasteiger partial charge in [-0.15, -0.1) is 0 Å². The van der Waals surface area contributed by atoms with Gasteiger partial charge in [0.25, 0.3) is 0 Å². The van der Waals surface area contributed by atoms with Gasteiger partial charge in [0.1, 0.15) is 5.60 Å². The van der Waals surface area contributed by atoms with Crippen molar-refractivity contribution in [3.05, 3.63) is 0 Å². The van der Waals surface area contributed by atoms with E-state index in [1.54, 1.807) is 4.90 Å². The van der Waals surface area contributed by atoms with Crippen molar-refractivity contribution >= 4 is 12.0 Å². The quantitative estimate of drug-likeness (QED) is 0.786. The molecule has 0 spiro atoms. The average molecular weight is 297 g/mol. The van der Waals surface area contributed by atoms with Crippen LogP contribution in [0.5, 0.6) is 0 Å². The van der Waals surface area contributed by atoms with E-state index in [0.29, 0.717) is 19.6 Å². The number of rotatable bonds is 1. The predicted octanol–water partition coefficient (Wildman–Crippen LogP) is 1.07. The monoisotopic (exact) mass is 297 g/mol. The summed E-state index contributed by atoms with van der Waals surface area (Å²) in [6.45, 7) is 9.86. The Morgan fingerprint density at radius 3 is 2.38 bits per heavy atom. The molecule has 0 aromatic rings. The summed E-state index contributed by atoms with van der Waals surface area (Å²) in [6, 6.07) is 0. The lowest BCUT2D eigenvalue weighted by atomic mass is 10.1. The van der Waals surface area contributed by atoms with E-state index >= 15 is 0 Å². The van der Waals surface area contributed by atoms with Crippen LogP contribution < -0.4 is 5.32 Å². The van der Waals surface area contributed by atoms with Crippen LogP contribution in [0.15, 0.2) is 0 Å². The Morgan fingerprint density at radius 1 is 1.10 bits per heavy atom. The Labute approximate surface area is 126 Å². The summed E-state index contributed by atoms with van der Waals surface area (Å²) in [5.74, 6) is 0.337. The first-order chi connectivity index (χ1) is 9.87. The number of hydrogen-bond donors (Lipinski definition) is 1. The maximum atomic E-state index is 12.4. The zero-order chi connectivity index (χ0) is 15.5. The van der Waals surface area contributed by atoms with Gasteiger partial charge >= 0.3 is 6.09 Å². The van der Waals surface area contributed by atoms with Crippen molar-refractivity contribution < 1.29 is 14.3 Å². The lowest BCUT2D eigenvalue weighted by Gasteiger charge is -2.27. The number of nitrogens with zero attached hydrogens (tertiary/aromatic N) is 2. The molecule has 0 bridgehead atoms. The van der Waals surface area contributed by atoms with Crippen LogP contribution in [0.1, 0.15) is 33.6 Å². The first kappa shape index (κ1) is 16.1. The number of hydrogen-bond acceptors (Lipinski definition) is 4. The molecule has 0 radical (unpaired) electrons. The molecule has 21 heavy (non-hydrogen) atoms. The maximum absolute atomic E-state index is 12.4. The summed E-state index contributed by atoms with van der Waals surface area (Å²) in [5, 5.41) is 3.23. The van der Waals surface area contributed by atoms with Crippen molar-refractivity contribution in [3.63, 3.8) is 0 Å². The molecule has 2 fully saturated rings. The van der Waals surface area contributed by atoms with E-state index in [-0.39, 0.29) is 17.9 Å². The van der Waals surface area contributed by atoms with Gasteiger partial charge in [0.15, 0.2) is 0 Å². The number of amides is 2. The fourth-order valence-corrected chi connectivity index (χ4v) is 2.77. The molecule has 6 nitrogen and oxygen atoms in total. The Balaban J connectivity index is 1.86. The maximum Gasteiger partial charge on any atom is 0.410 e. The molecule has 6 heteroatoms. The highest BCUT2D eigenvalue weighted by Gasteiger charge is 2.30. The average Bonchev–Trinajstić information content (AvgIpc) is 2.80. The Bertz CT molecular complexity index is 386. The zero-order valence-corrected chi connectivity index (χ0v) is 13.4. The lowest BCUT2D eigenvalue weighted by molar-refractivity contribution is -0.134. The first-order valence-electron chi connectivity index (χ1n) is 7.84. The van der Waals surface area contributed by atoms with Crippen LogP contribution in [-0.4, -0.2) is 66.7 Å². The van der Waals surface area contributed by atoms with Gasteiger partial charge in [-0.05, 0) is 40.2 Å². The normalized spacial score (nSPS) is 23.9. The van der Waals surface area contributed by atoms with Crippen LogP contribution in [0.4, 0.5) is 4.79 Å². The third kappa shape index (κ3) is 4.59. The van der Waals surface area contributed by atoms with Crippen molar-refractivity contribution in [3.8, 4) is 0 Å². The summed E-state index contributed by atoms with van der Waals surface area (Å²) >= 11 is 0. The Morgan fingerprint density at radius 2 is 1.76 bits per heavy atom. The standard InChI is InChI=1S/C15H27N3O3/c1-15(2,3)21-14(20)18-8-4-7-17(9-10-18)13(19)12-5-6-16-11-12/h12,16H,4-11H2,1-3H3. The Kier molecular flexibility index (Phi) is 5.08. The van der Waals surface area contributed by atoms with Gasteiger partial charge in [-0.3, -0.25) is 4.79 Å². The predicted molar refractivity (Wildman–Crippen MR) is 80.0 cm³/mol. The number of ether oxygens (including phenoxy) is 1. The first-order valence-corrected chi connectivity index (χ1v) is 7.84. The number of nitrogens with one attached hydrogen (secondary N) is 1. The van der Waals surface area contributed by atoms with Crippen LogP contribution in [0, 0.1) is 5.92 Å². The van der Waals surface area contributed by atoms with Crippen molar-refractivity contribution in [2.24, 2.45) is 5.92 Å². The largest absolute Gasteiger partial charge is 0.444 e. The fourth-order valence-electron chi connectivity index (χ4n) is 2.77. The molecular formula is C15H27N3O3. The topological polar surface area (TPSA) is 61.9 Å². The summed E-state index contributed by atoms with van der Waals surface area (Å²) in [4.78, 5) is 28.1. The van der Waals surface area contributed by atoms with Crippen LogP contribution in [0.2, 0.25) is 0 Å². The molecule has 1 N–H and O–H groups in total. The van der Waals surface area contributed by atoms with E-state index in [1.807, 2.05) is 25.7 Å². The van der Waals surface area contributed by atoms with Gasteiger partial charge in [0, 0.05) is 32.7 Å². The van der Waals surface area contributed by atoms with Crippen molar-refractivity contribution in [1.29, 1.82) is 0 Å². The van der Waals surface area contributed by atoms with Gasteiger partial charge < -0.3 is 19.9 Å². The molecular weight excluding hydrogens is 270 g/mol. The highest BCUT2D eigenvalue weighted by atomic mass is 16.6. The van der Waals surface area contributed by atoms with E-state index in [0.717, 1.165) is 32.5 Å². The van der Waals surface area contributed by atoms with E-state index in [4.69, 9.17) is 4.74 Å². The van der Waals surface area contributed by atoms with Crippen LogP contribution in [-0.2, 0) is 9.53 Å². The van der Waals surface area contributed by atoms with Gasteiger partial charge in [-0.1, -0.05) is 0 Å². The van der Waals surface area contributed by atoms with Crippen LogP contribution in [0.3, 0.4) is 0 Å². The number of carbonyl (C=O) groups is 2. The second-order valence-corrected chi connectivity index (χ2v) is 6.84. The third-order valence-corrected chi connectivity index (χ3v) is 3.87. The smallest absolute Gasteiger partial charge is 0.410 e. The molecule has 0 aromatic carbocycles. The fraction of sp³-hybridized carbons (Fsp3) is 0.867. The third-order valence-electron chi connectivity index (χ3n) is 3.87. The zero-order valence-electron chi connectivity index (χ0n) is 13.4. The summed E-state index contributed by atoms with van der Waals surface area (Å²) in [7, 11) is 0. The molecule has 0 saturated carbocycles. The van der Waals surface area contributed by atoms with E-state index < -0.39 is 5.60 Å². The van der Waals surface area contributed by atoms with Gasteiger partial charge in [-0.2, -0.15) is 0 Å². The minimum Gasteiger partial charge on any atom is -0.444 e. The molecule has 2 amide bonds. The molecule has 2 rings (SSSR count). The minimum absolute atomic E-state index is 0.109. The van der Waals surface area contributed by atoms with Crippen molar-refractivity contribution in [2.75, 3.05) is 39.3 Å². The van der Waals surface area contributed by atoms with Crippen molar-refractivity contribution in [1.82, 2.24) is 15.1 Å². The minimum atomic E-state index is -0.478. The molecule has 0 aliphatic carbocycles. The molecule has 120 valence electrons. The summed E-state index contributed by atoms with van der Waals surface area (Å²) in [6.07, 6.45) is 1.45. The lowest BCUT2D eigenvalue weighted by Crippen LogP contribution is -2.41. The van der Waals surface area contributed by atoms with Gasteiger partial charge in [-0.25, -0.2) is 4.79 Å². The Hall–Kier alpha value is -1.30. The summed E-state index contributed by atoms with van der Waals surface area (Å²) < 4.78 is 5.40. The van der Waals surface area contributed by atoms with E-state index in [9.17, 15) is 9.59 Å². The van der Waals surface area contributed by atoms with E-state index in [1.165, 1.54) is 0 Å². The second kappa shape index (κ2) is 6.64. The highest BCUT2D eigenvalue weighted by Crippen LogP contribution is 2.15. The molecule has 2 aliphatic heterocycles. The molecule has 2 heterocycles. The number of carbonyl (C=O) groups excluding carboxylic acids is 2. The molecule has 2 saturated heterocycles. The van der Waals surface area contributed by atoms with Gasteiger partial charge in [0.05, 0.1) is 5.92 Å². The van der Waals surface area contributed by atoms with E-state index in [2.05, 4.69) is 5.32 Å². The van der Waals surface area contributed by atoms with Crippen molar-refractivity contribution in [2.45, 2.75) is 39.2 Å². The second-order valence-electron chi connectivity index (χ2n) is 6.84. The molecule has 1 unspecified atom stereocenters. The molecule has 0 aromatic heterocycles. The summed E-state index contributed by atoms with van der Waals surface area (Å²) in [5.41, 5.74) is -0.478. The van der Waals surface area contributed by atoms with Crippen LogP contribution >= 0.6 is 0 Å². The highest BCUT2D eigenvalue weighted by molar-refractivity contribution is 5.79. The van der Waals surface area contributed by atoms with Crippen LogP contribution in [0.25, 0.3) is 0 Å². The molecule has 2 aliphatic rings. The van der Waals surface area contributed by atoms with Gasteiger partial charge in [0.2, 0.25) is 5.91 Å². The SMILES string of the molecule is CC(C)(C)OC(=O)N1CCCN(C(=O)C2CCNC2)CC1. The molecule has 1 atom stereocenters.